The lowest BCUT2D eigenvalue weighted by atomic mass is 10.1. The lowest BCUT2D eigenvalue weighted by molar-refractivity contribution is -0.136. The van der Waals surface area contributed by atoms with Gasteiger partial charge in [0.25, 0.3) is 0 Å². The number of hydrogen-bond acceptors (Lipinski definition) is 2. The standard InChI is InChI=1S/C18H20O2S/c1-3-14-6-8-15(9-7-14)12-17(18(19)20)21-16-10-4-13(2)5-11-16/h4-11,17H,3,12H2,1-2H3,(H,19,20)/t17-/m1/s1. The fourth-order valence-corrected chi connectivity index (χ4v) is 3.08. The highest BCUT2D eigenvalue weighted by atomic mass is 32.2. The van der Waals surface area contributed by atoms with E-state index in [0.29, 0.717) is 6.42 Å². The van der Waals surface area contributed by atoms with Crippen molar-refractivity contribution in [1.29, 1.82) is 0 Å². The Morgan fingerprint density at radius 1 is 1.05 bits per heavy atom. The Kier molecular flexibility index (Phi) is 5.45. The quantitative estimate of drug-likeness (QED) is 0.806. The van der Waals surface area contributed by atoms with Crippen LogP contribution in [0.4, 0.5) is 0 Å². The third kappa shape index (κ3) is 4.64. The number of benzene rings is 2. The fraction of sp³-hybridized carbons (Fsp3) is 0.278. The molecule has 21 heavy (non-hydrogen) atoms. The second kappa shape index (κ2) is 7.32. The van der Waals surface area contributed by atoms with E-state index >= 15 is 0 Å². The first kappa shape index (κ1) is 15.6. The van der Waals surface area contributed by atoms with Gasteiger partial charge in [-0.15, -0.1) is 11.8 Å². The summed E-state index contributed by atoms with van der Waals surface area (Å²) in [4.78, 5) is 12.5. The molecule has 2 aromatic carbocycles. The minimum Gasteiger partial charge on any atom is -0.480 e. The minimum atomic E-state index is -0.764. The van der Waals surface area contributed by atoms with Crippen LogP contribution in [0.25, 0.3) is 0 Å². The number of rotatable bonds is 6. The normalized spacial score (nSPS) is 12.1. The average Bonchev–Trinajstić information content (AvgIpc) is 2.49. The van der Waals surface area contributed by atoms with Crippen LogP contribution in [0.2, 0.25) is 0 Å². The van der Waals surface area contributed by atoms with Crippen molar-refractivity contribution in [1.82, 2.24) is 0 Å². The van der Waals surface area contributed by atoms with Crippen molar-refractivity contribution < 1.29 is 9.90 Å². The molecule has 0 aliphatic carbocycles. The number of carbonyl (C=O) groups is 1. The van der Waals surface area contributed by atoms with Crippen LogP contribution >= 0.6 is 11.8 Å². The van der Waals surface area contributed by atoms with Crippen LogP contribution in [0.3, 0.4) is 0 Å². The third-order valence-electron chi connectivity index (χ3n) is 3.43. The molecule has 0 aliphatic rings. The summed E-state index contributed by atoms with van der Waals surface area (Å²) in [7, 11) is 0. The van der Waals surface area contributed by atoms with Crippen molar-refractivity contribution in [2.45, 2.75) is 36.8 Å². The van der Waals surface area contributed by atoms with Gasteiger partial charge < -0.3 is 5.11 Å². The first-order valence-electron chi connectivity index (χ1n) is 7.12. The van der Waals surface area contributed by atoms with E-state index in [2.05, 4.69) is 19.1 Å². The Morgan fingerprint density at radius 3 is 2.14 bits per heavy atom. The summed E-state index contributed by atoms with van der Waals surface area (Å²) < 4.78 is 0. The number of carboxylic acid groups (broad SMARTS) is 1. The lowest BCUT2D eigenvalue weighted by Crippen LogP contribution is -2.19. The van der Waals surface area contributed by atoms with Crippen molar-refractivity contribution >= 4 is 17.7 Å². The zero-order valence-corrected chi connectivity index (χ0v) is 13.2. The van der Waals surface area contributed by atoms with Gasteiger partial charge in [0.05, 0.1) is 0 Å². The van der Waals surface area contributed by atoms with E-state index in [1.54, 1.807) is 0 Å². The first-order chi connectivity index (χ1) is 10.1. The molecule has 2 nitrogen and oxygen atoms in total. The van der Waals surface area contributed by atoms with Crippen molar-refractivity contribution in [3.05, 3.63) is 65.2 Å². The van der Waals surface area contributed by atoms with Crippen LogP contribution in [-0.4, -0.2) is 16.3 Å². The molecule has 2 rings (SSSR count). The summed E-state index contributed by atoms with van der Waals surface area (Å²) in [5.41, 5.74) is 3.53. The topological polar surface area (TPSA) is 37.3 Å². The van der Waals surface area contributed by atoms with Crippen LogP contribution in [-0.2, 0) is 17.6 Å². The molecule has 1 atom stereocenters. The molecule has 0 aromatic heterocycles. The Morgan fingerprint density at radius 2 is 1.62 bits per heavy atom. The van der Waals surface area contributed by atoms with Gasteiger partial charge in [0, 0.05) is 4.90 Å². The third-order valence-corrected chi connectivity index (χ3v) is 4.62. The molecule has 0 bridgehead atoms. The molecular formula is C18H20O2S. The molecular weight excluding hydrogens is 280 g/mol. The van der Waals surface area contributed by atoms with Crippen molar-refractivity contribution in [3.63, 3.8) is 0 Å². The smallest absolute Gasteiger partial charge is 0.317 e. The van der Waals surface area contributed by atoms with Crippen molar-refractivity contribution in [2.75, 3.05) is 0 Å². The summed E-state index contributed by atoms with van der Waals surface area (Å²) in [6.45, 7) is 4.14. The molecule has 3 heteroatoms. The summed E-state index contributed by atoms with van der Waals surface area (Å²) in [5.74, 6) is -0.764. The van der Waals surface area contributed by atoms with Gasteiger partial charge in [0.1, 0.15) is 5.25 Å². The molecule has 0 aliphatic heterocycles. The Balaban J connectivity index is 2.07. The highest BCUT2D eigenvalue weighted by Gasteiger charge is 2.19. The van der Waals surface area contributed by atoms with Gasteiger partial charge in [-0.25, -0.2) is 0 Å². The SMILES string of the molecule is CCc1ccc(C[C@@H](Sc2ccc(C)cc2)C(=O)O)cc1. The average molecular weight is 300 g/mol. The maximum Gasteiger partial charge on any atom is 0.317 e. The lowest BCUT2D eigenvalue weighted by Gasteiger charge is -2.12. The largest absolute Gasteiger partial charge is 0.480 e. The Labute approximate surface area is 130 Å². The molecule has 110 valence electrons. The minimum absolute atomic E-state index is 0.458. The summed E-state index contributed by atoms with van der Waals surface area (Å²) in [5, 5.41) is 8.97. The highest BCUT2D eigenvalue weighted by Crippen LogP contribution is 2.26. The zero-order chi connectivity index (χ0) is 15.2. The second-order valence-electron chi connectivity index (χ2n) is 5.13. The summed E-state index contributed by atoms with van der Waals surface area (Å²) in [6, 6.07) is 16.2. The molecule has 0 unspecified atom stereocenters. The number of hydrogen-bond donors (Lipinski definition) is 1. The van der Waals surface area contributed by atoms with Crippen molar-refractivity contribution in [3.8, 4) is 0 Å². The summed E-state index contributed by atoms with van der Waals surface area (Å²) >= 11 is 1.41. The number of thioether (sulfide) groups is 1. The van der Waals surface area contributed by atoms with E-state index in [1.807, 2.05) is 43.3 Å². The summed E-state index contributed by atoms with van der Waals surface area (Å²) in [6.07, 6.45) is 1.54. The van der Waals surface area contributed by atoms with Gasteiger partial charge in [0.2, 0.25) is 0 Å². The monoisotopic (exact) mass is 300 g/mol. The van der Waals surface area contributed by atoms with Crippen LogP contribution in [0.5, 0.6) is 0 Å². The molecule has 0 saturated carbocycles. The van der Waals surface area contributed by atoms with E-state index in [4.69, 9.17) is 0 Å². The van der Waals surface area contributed by atoms with Crippen LogP contribution < -0.4 is 0 Å². The van der Waals surface area contributed by atoms with Crippen LogP contribution in [0, 0.1) is 6.92 Å². The van der Waals surface area contributed by atoms with Gasteiger partial charge >= 0.3 is 5.97 Å². The van der Waals surface area contributed by atoms with Crippen LogP contribution in [0.1, 0.15) is 23.6 Å². The van der Waals surface area contributed by atoms with Gasteiger partial charge in [0.15, 0.2) is 0 Å². The van der Waals surface area contributed by atoms with E-state index < -0.39 is 11.2 Å². The Bertz CT molecular complexity index is 588. The molecule has 1 N–H and O–H groups in total. The zero-order valence-electron chi connectivity index (χ0n) is 12.4. The predicted molar refractivity (Wildman–Crippen MR) is 88.0 cm³/mol. The fourth-order valence-electron chi connectivity index (χ4n) is 2.09. The molecule has 0 amide bonds. The maximum absolute atomic E-state index is 11.5. The maximum atomic E-state index is 11.5. The van der Waals surface area contributed by atoms with Gasteiger partial charge in [-0.05, 0) is 43.0 Å². The van der Waals surface area contributed by atoms with E-state index in [-0.39, 0.29) is 0 Å². The second-order valence-corrected chi connectivity index (χ2v) is 6.41. The van der Waals surface area contributed by atoms with Gasteiger partial charge in [-0.1, -0.05) is 48.9 Å². The first-order valence-corrected chi connectivity index (χ1v) is 8.00. The number of carboxylic acids is 1. The molecule has 0 fully saturated rings. The predicted octanol–water partition coefficient (Wildman–Crippen LogP) is 4.35. The van der Waals surface area contributed by atoms with Crippen molar-refractivity contribution in [2.24, 2.45) is 0 Å². The Hall–Kier alpha value is -1.74. The number of aliphatic carboxylic acids is 1. The van der Waals surface area contributed by atoms with E-state index in [1.165, 1.54) is 22.9 Å². The number of aryl methyl sites for hydroxylation is 2. The van der Waals surface area contributed by atoms with Gasteiger partial charge in [-0.3, -0.25) is 4.79 Å². The van der Waals surface area contributed by atoms with Gasteiger partial charge in [-0.2, -0.15) is 0 Å². The van der Waals surface area contributed by atoms with Crippen LogP contribution in [0.15, 0.2) is 53.4 Å². The van der Waals surface area contributed by atoms with E-state index in [9.17, 15) is 9.90 Å². The molecule has 0 spiro atoms. The molecule has 2 aromatic rings. The molecule has 0 saturated heterocycles. The van der Waals surface area contributed by atoms with E-state index in [0.717, 1.165) is 16.9 Å². The molecule has 0 radical (unpaired) electrons. The highest BCUT2D eigenvalue weighted by molar-refractivity contribution is 8.00. The molecule has 0 heterocycles.